The summed E-state index contributed by atoms with van der Waals surface area (Å²) in [7, 11) is 0. The summed E-state index contributed by atoms with van der Waals surface area (Å²) < 4.78 is 28.6. The molecule has 4 nitrogen and oxygen atoms in total. The van der Waals surface area contributed by atoms with Crippen molar-refractivity contribution in [3.63, 3.8) is 0 Å². The van der Waals surface area contributed by atoms with Crippen LogP contribution in [0.2, 0.25) is 0 Å². The highest BCUT2D eigenvalue weighted by Gasteiger charge is 2.21. The van der Waals surface area contributed by atoms with Gasteiger partial charge in [-0.2, -0.15) is 0 Å². The molecule has 0 bridgehead atoms. The lowest BCUT2D eigenvalue weighted by Crippen LogP contribution is -2.20. The molecular formula is C19H15F2N3O. The molecule has 0 radical (unpaired) electrons. The maximum absolute atomic E-state index is 14.0. The summed E-state index contributed by atoms with van der Waals surface area (Å²) in [4.78, 5) is 17.2. The van der Waals surface area contributed by atoms with Crippen molar-refractivity contribution in [1.82, 2.24) is 14.9 Å². The first-order valence-electron chi connectivity index (χ1n) is 8.01. The van der Waals surface area contributed by atoms with E-state index in [0.717, 1.165) is 36.7 Å². The Morgan fingerprint density at radius 1 is 1.24 bits per heavy atom. The molecular weight excluding hydrogens is 324 g/mol. The predicted octanol–water partition coefficient (Wildman–Crippen LogP) is 3.38. The average molecular weight is 339 g/mol. The third-order valence-corrected chi connectivity index (χ3v) is 4.35. The summed E-state index contributed by atoms with van der Waals surface area (Å²) in [5.74, 6) is -2.14. The quantitative estimate of drug-likeness (QED) is 0.779. The summed E-state index contributed by atoms with van der Waals surface area (Å²) in [6.45, 7) is 1.61. The summed E-state index contributed by atoms with van der Waals surface area (Å²) in [5.41, 5.74) is 3.10. The highest BCUT2D eigenvalue weighted by molar-refractivity contribution is 6.04. The van der Waals surface area contributed by atoms with E-state index in [2.05, 4.69) is 16.4 Å². The molecule has 1 N–H and O–H groups in total. The second-order valence-corrected chi connectivity index (χ2v) is 5.90. The van der Waals surface area contributed by atoms with Crippen molar-refractivity contribution in [3.8, 4) is 0 Å². The molecule has 0 saturated carbocycles. The van der Waals surface area contributed by atoms with Crippen LogP contribution in [-0.2, 0) is 0 Å². The van der Waals surface area contributed by atoms with Crippen LogP contribution in [0, 0.1) is 11.6 Å². The molecule has 6 heteroatoms. The number of hydrogen-bond donors (Lipinski definition) is 1. The summed E-state index contributed by atoms with van der Waals surface area (Å²) in [6.07, 6.45) is 6.26. The topological polar surface area (TPSA) is 46.9 Å². The number of fused-ring (bicyclic) bond motifs is 1. The van der Waals surface area contributed by atoms with E-state index >= 15 is 0 Å². The molecule has 4 rings (SSSR count). The number of hydrogen-bond acceptors (Lipinski definition) is 3. The van der Waals surface area contributed by atoms with Gasteiger partial charge in [0.1, 0.15) is 11.6 Å². The van der Waals surface area contributed by atoms with Gasteiger partial charge >= 0.3 is 0 Å². The molecule has 3 aromatic rings. The van der Waals surface area contributed by atoms with E-state index in [0.29, 0.717) is 17.1 Å². The van der Waals surface area contributed by atoms with Gasteiger partial charge in [-0.05, 0) is 42.8 Å². The van der Waals surface area contributed by atoms with Crippen LogP contribution in [0.1, 0.15) is 22.3 Å². The van der Waals surface area contributed by atoms with Crippen molar-refractivity contribution >= 4 is 22.5 Å². The minimum Gasteiger partial charge on any atom is -0.313 e. The van der Waals surface area contributed by atoms with Gasteiger partial charge in [0.05, 0.1) is 16.6 Å². The fourth-order valence-corrected chi connectivity index (χ4v) is 3.12. The van der Waals surface area contributed by atoms with Crippen molar-refractivity contribution in [3.05, 3.63) is 71.6 Å². The Labute approximate surface area is 142 Å². The number of carbonyl (C=O) groups is 1. The average Bonchev–Trinajstić information content (AvgIpc) is 3.02. The molecule has 0 fully saturated rings. The standard InChI is InChI=1S/C19H15F2N3O/c20-13-3-4-14(16(21)10-13)19(25)24-11-15(12-5-8-22-9-6-12)18-17(24)2-1-7-23-18/h1-5,7,10-11,22H,6,8-9H2. The van der Waals surface area contributed by atoms with Crippen molar-refractivity contribution in [2.45, 2.75) is 6.42 Å². The maximum Gasteiger partial charge on any atom is 0.265 e. The smallest absolute Gasteiger partial charge is 0.265 e. The molecule has 1 aliphatic rings. The number of nitrogens with one attached hydrogen (secondary N) is 1. The van der Waals surface area contributed by atoms with Crippen molar-refractivity contribution < 1.29 is 13.6 Å². The van der Waals surface area contributed by atoms with Gasteiger partial charge in [-0.15, -0.1) is 0 Å². The summed E-state index contributed by atoms with van der Waals surface area (Å²) in [5, 5.41) is 3.25. The molecule has 1 aliphatic heterocycles. The number of rotatable bonds is 2. The van der Waals surface area contributed by atoms with Gasteiger partial charge in [-0.3, -0.25) is 14.3 Å². The van der Waals surface area contributed by atoms with E-state index in [1.54, 1.807) is 24.5 Å². The van der Waals surface area contributed by atoms with Crippen molar-refractivity contribution in [2.75, 3.05) is 13.1 Å². The minimum atomic E-state index is -0.877. The molecule has 0 saturated heterocycles. The fraction of sp³-hybridized carbons (Fsp3) is 0.158. The second-order valence-electron chi connectivity index (χ2n) is 5.90. The zero-order valence-corrected chi connectivity index (χ0v) is 13.3. The van der Waals surface area contributed by atoms with E-state index in [9.17, 15) is 13.6 Å². The molecule has 0 atom stereocenters. The molecule has 25 heavy (non-hydrogen) atoms. The molecule has 0 spiro atoms. The normalized spacial score (nSPS) is 14.6. The number of aromatic nitrogens is 2. The lowest BCUT2D eigenvalue weighted by atomic mass is 10.0. The van der Waals surface area contributed by atoms with Gasteiger partial charge < -0.3 is 5.32 Å². The van der Waals surface area contributed by atoms with Gasteiger partial charge in [0, 0.05) is 30.6 Å². The largest absolute Gasteiger partial charge is 0.313 e. The maximum atomic E-state index is 14.0. The lowest BCUT2D eigenvalue weighted by molar-refractivity contribution is 0.0961. The Bertz CT molecular complexity index is 1010. The van der Waals surface area contributed by atoms with E-state index in [1.165, 1.54) is 10.6 Å². The Morgan fingerprint density at radius 3 is 2.88 bits per heavy atom. The first-order chi connectivity index (χ1) is 12.1. The summed E-state index contributed by atoms with van der Waals surface area (Å²) in [6, 6.07) is 6.46. The molecule has 0 amide bonds. The zero-order valence-electron chi connectivity index (χ0n) is 13.3. The molecule has 0 aliphatic carbocycles. The van der Waals surface area contributed by atoms with E-state index in [1.807, 2.05) is 0 Å². The minimum absolute atomic E-state index is 0.173. The third kappa shape index (κ3) is 2.74. The Morgan fingerprint density at radius 2 is 2.12 bits per heavy atom. The monoisotopic (exact) mass is 339 g/mol. The molecule has 2 aromatic heterocycles. The Kier molecular flexibility index (Phi) is 3.89. The van der Waals surface area contributed by atoms with Crippen LogP contribution in [0.3, 0.4) is 0 Å². The molecule has 0 unspecified atom stereocenters. The van der Waals surface area contributed by atoms with Crippen LogP contribution in [0.25, 0.3) is 16.6 Å². The Hall–Kier alpha value is -2.86. The first-order valence-corrected chi connectivity index (χ1v) is 8.01. The number of benzene rings is 1. The highest BCUT2D eigenvalue weighted by atomic mass is 19.1. The molecule has 1 aromatic carbocycles. The summed E-state index contributed by atoms with van der Waals surface area (Å²) >= 11 is 0. The van der Waals surface area contributed by atoms with Crippen LogP contribution < -0.4 is 5.32 Å². The fourth-order valence-electron chi connectivity index (χ4n) is 3.12. The number of halogens is 2. The zero-order chi connectivity index (χ0) is 17.4. The number of nitrogens with zero attached hydrogens (tertiary/aromatic N) is 2. The van der Waals surface area contributed by atoms with Gasteiger partial charge in [0.2, 0.25) is 0 Å². The SMILES string of the molecule is O=C(c1ccc(F)cc1F)n1cc(C2=CCNCC2)c2ncccc21. The van der Waals surface area contributed by atoms with Crippen LogP contribution in [0.4, 0.5) is 8.78 Å². The molecule has 3 heterocycles. The lowest BCUT2D eigenvalue weighted by Gasteiger charge is -2.12. The van der Waals surface area contributed by atoms with E-state index in [-0.39, 0.29) is 5.56 Å². The first kappa shape index (κ1) is 15.7. The predicted molar refractivity (Wildman–Crippen MR) is 91.3 cm³/mol. The van der Waals surface area contributed by atoms with Gasteiger partial charge in [0.15, 0.2) is 0 Å². The highest BCUT2D eigenvalue weighted by Crippen LogP contribution is 2.29. The van der Waals surface area contributed by atoms with Crippen LogP contribution in [0.15, 0.2) is 48.8 Å². The van der Waals surface area contributed by atoms with Crippen molar-refractivity contribution in [2.24, 2.45) is 0 Å². The van der Waals surface area contributed by atoms with Gasteiger partial charge in [-0.25, -0.2) is 8.78 Å². The van der Waals surface area contributed by atoms with Crippen LogP contribution >= 0.6 is 0 Å². The third-order valence-electron chi connectivity index (χ3n) is 4.35. The van der Waals surface area contributed by atoms with E-state index < -0.39 is 17.5 Å². The van der Waals surface area contributed by atoms with E-state index in [4.69, 9.17) is 0 Å². The molecule has 126 valence electrons. The van der Waals surface area contributed by atoms with Crippen molar-refractivity contribution in [1.29, 1.82) is 0 Å². The Balaban J connectivity index is 1.87. The van der Waals surface area contributed by atoms with Gasteiger partial charge in [0.25, 0.3) is 5.91 Å². The number of pyridine rings is 1. The second kappa shape index (κ2) is 6.22. The number of carbonyl (C=O) groups excluding carboxylic acids is 1. The van der Waals surface area contributed by atoms with Gasteiger partial charge in [-0.1, -0.05) is 6.08 Å². The van der Waals surface area contributed by atoms with Crippen LogP contribution in [0.5, 0.6) is 0 Å². The van der Waals surface area contributed by atoms with Crippen LogP contribution in [-0.4, -0.2) is 28.5 Å².